The van der Waals surface area contributed by atoms with Gasteiger partial charge in [-0.3, -0.25) is 0 Å². The van der Waals surface area contributed by atoms with Crippen LogP contribution in [0.15, 0.2) is 28.2 Å². The van der Waals surface area contributed by atoms with Crippen molar-refractivity contribution in [3.05, 3.63) is 23.8 Å². The molecule has 0 heterocycles. The Morgan fingerprint density at radius 2 is 1.88 bits per heavy atom. The van der Waals surface area contributed by atoms with E-state index >= 15 is 0 Å². The number of guanidine groups is 2. The van der Waals surface area contributed by atoms with Crippen LogP contribution in [-0.4, -0.2) is 29.1 Å². The van der Waals surface area contributed by atoms with Crippen molar-refractivity contribution in [1.82, 2.24) is 0 Å². The van der Waals surface area contributed by atoms with Crippen molar-refractivity contribution in [2.24, 2.45) is 27.2 Å². The fraction of sp³-hybridized carbons (Fsp3) is 0.111. The number of nitrogens with two attached hydrogens (primary N) is 3. The van der Waals surface area contributed by atoms with E-state index in [4.69, 9.17) is 27.2 Å². The highest BCUT2D eigenvalue weighted by molar-refractivity contribution is 6.59. The van der Waals surface area contributed by atoms with Gasteiger partial charge < -0.3 is 27.2 Å². The van der Waals surface area contributed by atoms with E-state index in [9.17, 15) is 0 Å². The van der Waals surface area contributed by atoms with Crippen LogP contribution in [0.4, 0.5) is 5.69 Å². The zero-order valence-corrected chi connectivity index (χ0v) is 9.33. The van der Waals surface area contributed by atoms with Gasteiger partial charge in [-0.25, -0.2) is 4.99 Å². The quantitative estimate of drug-likeness (QED) is 0.226. The zero-order chi connectivity index (χ0) is 13.0. The highest BCUT2D eigenvalue weighted by Crippen LogP contribution is 2.11. The zero-order valence-electron chi connectivity index (χ0n) is 9.33. The van der Waals surface area contributed by atoms with E-state index in [-0.39, 0.29) is 11.9 Å². The van der Waals surface area contributed by atoms with E-state index in [1.54, 1.807) is 19.1 Å². The molecule has 90 valence electrons. The van der Waals surface area contributed by atoms with Crippen LogP contribution in [0.1, 0.15) is 5.56 Å². The highest BCUT2D eigenvalue weighted by atomic mass is 16.4. The van der Waals surface area contributed by atoms with E-state index in [0.717, 1.165) is 5.56 Å². The molecule has 0 aliphatic rings. The number of rotatable bonds is 2. The third-order valence-corrected chi connectivity index (χ3v) is 2.03. The maximum absolute atomic E-state index is 9.12. The van der Waals surface area contributed by atoms with Crippen molar-refractivity contribution in [3.8, 4) is 0 Å². The summed E-state index contributed by atoms with van der Waals surface area (Å²) in [4.78, 5) is 7.45. The van der Waals surface area contributed by atoms with Crippen LogP contribution in [0, 0.1) is 6.92 Å². The third kappa shape index (κ3) is 3.78. The monoisotopic (exact) mass is 235 g/mol. The number of benzene rings is 1. The summed E-state index contributed by atoms with van der Waals surface area (Å²) in [5.41, 5.74) is 17.2. The molecule has 0 saturated carbocycles. The minimum absolute atomic E-state index is 0.104. The molecular formula is C9H14BN5O2. The lowest BCUT2D eigenvalue weighted by Gasteiger charge is -2.05. The fourth-order valence-electron chi connectivity index (χ4n) is 1.27. The van der Waals surface area contributed by atoms with Crippen LogP contribution in [0.3, 0.4) is 0 Å². The molecule has 0 amide bonds. The average Bonchev–Trinajstić information content (AvgIpc) is 2.19. The number of hydrogen-bond acceptors (Lipinski definition) is 3. The summed E-state index contributed by atoms with van der Waals surface area (Å²) in [6, 6.07) is 4.85. The molecule has 0 unspecified atom stereocenters. The van der Waals surface area contributed by atoms with Crippen LogP contribution in [0.25, 0.3) is 0 Å². The normalized spacial score (nSPS) is 11.1. The minimum Gasteiger partial charge on any atom is -0.423 e. The first kappa shape index (κ1) is 13.0. The van der Waals surface area contributed by atoms with E-state index in [1.165, 1.54) is 6.07 Å². The molecule has 8 heteroatoms. The Bertz CT molecular complexity index is 468. The lowest BCUT2D eigenvalue weighted by Crippen LogP contribution is -2.31. The predicted octanol–water partition coefficient (Wildman–Crippen LogP) is -2.11. The topological polar surface area (TPSA) is 143 Å². The van der Waals surface area contributed by atoms with Gasteiger partial charge in [-0.15, -0.1) is 0 Å². The predicted molar refractivity (Wildman–Crippen MR) is 68.1 cm³/mol. The maximum Gasteiger partial charge on any atom is 0.488 e. The second-order valence-electron chi connectivity index (χ2n) is 3.42. The Kier molecular flexibility index (Phi) is 4.08. The Balaban J connectivity index is 3.09. The average molecular weight is 235 g/mol. The standard InChI is InChI=1S/C9H14BN5O2/c1-5-2-3-6(4-7(5)10(16)17)14-9(13)15-8(11)12/h2-4,16-17H,1H3,(H6,11,12,13,14,15). The van der Waals surface area contributed by atoms with Crippen LogP contribution in [0.2, 0.25) is 0 Å². The molecule has 0 saturated heterocycles. The molecule has 0 bridgehead atoms. The molecule has 1 aromatic carbocycles. The van der Waals surface area contributed by atoms with Gasteiger partial charge in [-0.05, 0) is 24.5 Å². The second-order valence-corrected chi connectivity index (χ2v) is 3.42. The molecule has 0 radical (unpaired) electrons. The smallest absolute Gasteiger partial charge is 0.423 e. The first-order chi connectivity index (χ1) is 7.90. The second kappa shape index (κ2) is 5.33. The van der Waals surface area contributed by atoms with Crippen LogP contribution >= 0.6 is 0 Å². The van der Waals surface area contributed by atoms with Crippen molar-refractivity contribution < 1.29 is 10.0 Å². The number of aryl methyl sites for hydroxylation is 1. The maximum atomic E-state index is 9.12. The molecule has 0 spiro atoms. The Morgan fingerprint density at radius 3 is 2.41 bits per heavy atom. The van der Waals surface area contributed by atoms with Gasteiger partial charge in [0.25, 0.3) is 0 Å². The molecule has 0 aromatic heterocycles. The summed E-state index contributed by atoms with van der Waals surface area (Å²) >= 11 is 0. The Labute approximate surface area is 98.8 Å². The fourth-order valence-corrected chi connectivity index (χ4v) is 1.27. The van der Waals surface area contributed by atoms with E-state index in [1.807, 2.05) is 0 Å². The van der Waals surface area contributed by atoms with Gasteiger partial charge in [-0.1, -0.05) is 11.6 Å². The number of aliphatic imine (C=N–C) groups is 2. The number of hydrogen-bond donors (Lipinski definition) is 5. The molecule has 0 aliphatic carbocycles. The summed E-state index contributed by atoms with van der Waals surface area (Å²) in [6.07, 6.45) is 0. The van der Waals surface area contributed by atoms with Crippen molar-refractivity contribution in [1.29, 1.82) is 0 Å². The number of nitrogens with zero attached hydrogens (tertiary/aromatic N) is 2. The molecule has 0 aliphatic heterocycles. The van der Waals surface area contributed by atoms with Gasteiger partial charge in [0.1, 0.15) is 0 Å². The van der Waals surface area contributed by atoms with Crippen LogP contribution < -0.4 is 22.7 Å². The van der Waals surface area contributed by atoms with Crippen molar-refractivity contribution >= 4 is 30.2 Å². The molecular weight excluding hydrogens is 221 g/mol. The largest absolute Gasteiger partial charge is 0.488 e. The van der Waals surface area contributed by atoms with E-state index in [0.29, 0.717) is 11.2 Å². The van der Waals surface area contributed by atoms with Crippen molar-refractivity contribution in [2.75, 3.05) is 0 Å². The van der Waals surface area contributed by atoms with Gasteiger partial charge >= 0.3 is 7.12 Å². The third-order valence-electron chi connectivity index (χ3n) is 2.03. The van der Waals surface area contributed by atoms with Gasteiger partial charge in [0.2, 0.25) is 5.96 Å². The minimum atomic E-state index is -1.56. The molecule has 0 fully saturated rings. The van der Waals surface area contributed by atoms with Gasteiger partial charge in [0.15, 0.2) is 5.96 Å². The molecule has 1 aromatic rings. The lowest BCUT2D eigenvalue weighted by molar-refractivity contribution is 0.425. The van der Waals surface area contributed by atoms with Crippen LogP contribution in [0.5, 0.6) is 0 Å². The summed E-state index contributed by atoms with van der Waals surface area (Å²) < 4.78 is 0. The van der Waals surface area contributed by atoms with Crippen molar-refractivity contribution in [2.45, 2.75) is 6.92 Å². The van der Waals surface area contributed by atoms with Crippen LogP contribution in [-0.2, 0) is 0 Å². The molecule has 0 atom stereocenters. The first-order valence-corrected chi connectivity index (χ1v) is 4.80. The van der Waals surface area contributed by atoms with Gasteiger partial charge in [-0.2, -0.15) is 4.99 Å². The summed E-state index contributed by atoms with van der Waals surface area (Å²) in [5, 5.41) is 18.2. The molecule has 1 rings (SSSR count). The SMILES string of the molecule is Cc1ccc(N=C(N)N=C(N)N)cc1B(O)O. The Hall–Kier alpha value is -2.06. The van der Waals surface area contributed by atoms with Gasteiger partial charge in [0.05, 0.1) is 5.69 Å². The van der Waals surface area contributed by atoms with Crippen molar-refractivity contribution in [3.63, 3.8) is 0 Å². The lowest BCUT2D eigenvalue weighted by atomic mass is 9.77. The van der Waals surface area contributed by atoms with E-state index < -0.39 is 7.12 Å². The summed E-state index contributed by atoms with van der Waals surface area (Å²) in [7, 11) is -1.56. The van der Waals surface area contributed by atoms with E-state index in [2.05, 4.69) is 9.98 Å². The molecule has 8 N–H and O–H groups in total. The summed E-state index contributed by atoms with van der Waals surface area (Å²) in [5.74, 6) is -0.298. The highest BCUT2D eigenvalue weighted by Gasteiger charge is 2.14. The Morgan fingerprint density at radius 1 is 1.24 bits per heavy atom. The van der Waals surface area contributed by atoms with Gasteiger partial charge in [0, 0.05) is 0 Å². The first-order valence-electron chi connectivity index (χ1n) is 4.80. The molecule has 17 heavy (non-hydrogen) atoms. The summed E-state index contributed by atoms with van der Waals surface area (Å²) in [6.45, 7) is 1.75. The molecule has 7 nitrogen and oxygen atoms in total.